The van der Waals surface area contributed by atoms with Crippen LogP contribution >= 0.6 is 7.60 Å². The number of hydrogen-bond acceptors (Lipinski definition) is 4. The van der Waals surface area contributed by atoms with Gasteiger partial charge >= 0.3 is 7.60 Å². The van der Waals surface area contributed by atoms with Crippen molar-refractivity contribution < 1.29 is 23.8 Å². The average Bonchev–Trinajstić information content (AvgIpc) is 2.47. The first-order valence-electron chi connectivity index (χ1n) is 3.74. The number of anilines is 1. The Bertz CT molecular complexity index is 426. The van der Waals surface area contributed by atoms with Gasteiger partial charge in [-0.2, -0.15) is 0 Å². The van der Waals surface area contributed by atoms with Crippen LogP contribution in [0.3, 0.4) is 0 Å². The smallest absolute Gasteiger partial charge is 0.358 e. The minimum atomic E-state index is -4.35. The number of benzene rings is 1. The van der Waals surface area contributed by atoms with Gasteiger partial charge in [-0.1, -0.05) is 0 Å². The molecular weight excluding hydrogens is 209 g/mol. The Morgan fingerprint density at radius 3 is 2.43 bits per heavy atom. The van der Waals surface area contributed by atoms with E-state index in [0.717, 1.165) is 0 Å². The lowest BCUT2D eigenvalue weighted by molar-refractivity contribution is 0.174. The Hall–Kier alpha value is -1.23. The summed E-state index contributed by atoms with van der Waals surface area (Å²) in [4.78, 5) is 17.9. The summed E-state index contributed by atoms with van der Waals surface area (Å²) < 4.78 is 20.9. The van der Waals surface area contributed by atoms with Crippen molar-refractivity contribution in [1.29, 1.82) is 0 Å². The van der Waals surface area contributed by atoms with Gasteiger partial charge in [-0.15, -0.1) is 0 Å². The van der Waals surface area contributed by atoms with E-state index in [1.165, 1.54) is 12.1 Å². The van der Waals surface area contributed by atoms with Crippen LogP contribution in [0.2, 0.25) is 0 Å². The third-order valence-corrected chi connectivity index (χ3v) is 2.85. The van der Waals surface area contributed by atoms with Crippen molar-refractivity contribution in [1.82, 2.24) is 0 Å². The molecule has 7 heteroatoms. The molecule has 6 nitrogen and oxygen atoms in total. The lowest BCUT2D eigenvalue weighted by Crippen LogP contribution is -2.10. The van der Waals surface area contributed by atoms with Crippen LogP contribution < -0.4 is 20.5 Å². The highest BCUT2D eigenvalue weighted by atomic mass is 31.2. The molecule has 0 saturated heterocycles. The highest BCUT2D eigenvalue weighted by Crippen LogP contribution is 2.41. The zero-order chi connectivity index (χ0) is 10.3. The van der Waals surface area contributed by atoms with Gasteiger partial charge in [-0.05, 0) is 0 Å². The van der Waals surface area contributed by atoms with E-state index in [2.05, 4.69) is 0 Å². The number of nitrogens with two attached hydrogens (primary N) is 1. The number of rotatable bonds is 1. The van der Waals surface area contributed by atoms with E-state index in [4.69, 9.17) is 25.0 Å². The summed E-state index contributed by atoms with van der Waals surface area (Å²) in [5, 5.41) is -0.234. The third-order valence-electron chi connectivity index (χ3n) is 1.84. The lowest BCUT2D eigenvalue weighted by atomic mass is 10.3. The molecule has 0 spiro atoms. The Morgan fingerprint density at radius 1 is 1.29 bits per heavy atom. The van der Waals surface area contributed by atoms with Crippen molar-refractivity contribution in [3.8, 4) is 11.5 Å². The summed E-state index contributed by atoms with van der Waals surface area (Å²) >= 11 is 0. The quantitative estimate of drug-likeness (QED) is 0.444. The van der Waals surface area contributed by atoms with Crippen LogP contribution in [-0.4, -0.2) is 16.6 Å². The molecule has 1 aromatic carbocycles. The maximum Gasteiger partial charge on any atom is 0.358 e. The highest BCUT2D eigenvalue weighted by Gasteiger charge is 2.25. The maximum atomic E-state index is 11.0. The summed E-state index contributed by atoms with van der Waals surface area (Å²) in [5.74, 6) is 0.706. The molecule has 1 aliphatic rings. The van der Waals surface area contributed by atoms with Crippen LogP contribution in [0.15, 0.2) is 12.1 Å². The van der Waals surface area contributed by atoms with Gasteiger partial charge in [0.2, 0.25) is 6.79 Å². The van der Waals surface area contributed by atoms with Crippen molar-refractivity contribution in [3.63, 3.8) is 0 Å². The van der Waals surface area contributed by atoms with Crippen molar-refractivity contribution in [2.45, 2.75) is 0 Å². The summed E-state index contributed by atoms with van der Waals surface area (Å²) in [6.45, 7) is 0.0411. The number of fused-ring (bicyclic) bond motifs is 1. The fourth-order valence-electron chi connectivity index (χ4n) is 1.20. The summed E-state index contributed by atoms with van der Waals surface area (Å²) in [7, 11) is -4.35. The maximum absolute atomic E-state index is 11.0. The van der Waals surface area contributed by atoms with E-state index >= 15 is 0 Å². The van der Waals surface area contributed by atoms with E-state index in [1.54, 1.807) is 0 Å². The van der Waals surface area contributed by atoms with Gasteiger partial charge in [0, 0.05) is 12.1 Å². The van der Waals surface area contributed by atoms with Crippen LogP contribution in [-0.2, 0) is 4.57 Å². The van der Waals surface area contributed by atoms with Gasteiger partial charge in [0.25, 0.3) is 0 Å². The van der Waals surface area contributed by atoms with Gasteiger partial charge in [0.15, 0.2) is 11.5 Å². The summed E-state index contributed by atoms with van der Waals surface area (Å²) in [6, 6.07) is 2.55. The molecule has 14 heavy (non-hydrogen) atoms. The number of ether oxygens (including phenoxy) is 2. The molecule has 2 rings (SSSR count). The fraction of sp³-hybridized carbons (Fsp3) is 0.143. The molecule has 0 aromatic heterocycles. The van der Waals surface area contributed by atoms with E-state index in [0.29, 0.717) is 11.5 Å². The minimum Gasteiger partial charge on any atom is -0.454 e. The second kappa shape index (κ2) is 2.88. The van der Waals surface area contributed by atoms with Crippen LogP contribution in [0.5, 0.6) is 11.5 Å². The van der Waals surface area contributed by atoms with E-state index in [1.807, 2.05) is 0 Å². The Morgan fingerprint density at radius 2 is 1.86 bits per heavy atom. The minimum absolute atomic E-state index is 0.00239. The first-order valence-corrected chi connectivity index (χ1v) is 5.35. The molecule has 0 unspecified atom stereocenters. The van der Waals surface area contributed by atoms with Gasteiger partial charge in [-0.3, -0.25) is 4.57 Å². The van der Waals surface area contributed by atoms with Crippen LogP contribution in [0, 0.1) is 0 Å². The molecule has 0 aliphatic carbocycles. The standard InChI is InChI=1S/C7H8NO5P/c8-4-1-5-6(13-3-12-5)2-7(4)14(9,10)11/h1-2H,3,8H2,(H2,9,10,11). The molecule has 0 bridgehead atoms. The van der Waals surface area contributed by atoms with E-state index in [-0.39, 0.29) is 17.8 Å². The summed E-state index contributed by atoms with van der Waals surface area (Å²) in [6.07, 6.45) is 0. The number of hydrogen-bond donors (Lipinski definition) is 3. The van der Waals surface area contributed by atoms with Gasteiger partial charge in [0.05, 0.1) is 11.0 Å². The molecule has 76 valence electrons. The van der Waals surface area contributed by atoms with Gasteiger partial charge in [0.1, 0.15) is 0 Å². The van der Waals surface area contributed by atoms with Crippen molar-refractivity contribution >= 4 is 18.6 Å². The van der Waals surface area contributed by atoms with Gasteiger partial charge in [-0.25, -0.2) is 0 Å². The van der Waals surface area contributed by atoms with Gasteiger partial charge < -0.3 is 25.0 Å². The summed E-state index contributed by atoms with van der Waals surface area (Å²) in [5.41, 5.74) is 5.45. The third kappa shape index (κ3) is 1.43. The molecule has 0 saturated carbocycles. The van der Waals surface area contributed by atoms with E-state index in [9.17, 15) is 4.57 Å². The Balaban J connectivity index is 2.59. The first-order chi connectivity index (χ1) is 6.48. The SMILES string of the molecule is Nc1cc2c(cc1P(=O)(O)O)OCO2. The van der Waals surface area contributed by atoms with Crippen molar-refractivity contribution in [2.24, 2.45) is 0 Å². The molecule has 0 radical (unpaired) electrons. The van der Waals surface area contributed by atoms with Crippen LogP contribution in [0.25, 0.3) is 0 Å². The highest BCUT2D eigenvalue weighted by molar-refractivity contribution is 7.60. The predicted molar refractivity (Wildman–Crippen MR) is 48.7 cm³/mol. The lowest BCUT2D eigenvalue weighted by Gasteiger charge is -2.08. The van der Waals surface area contributed by atoms with Crippen LogP contribution in [0.4, 0.5) is 5.69 Å². The van der Waals surface area contributed by atoms with E-state index < -0.39 is 7.60 Å². The number of nitrogen functional groups attached to an aromatic ring is 1. The molecule has 1 aliphatic heterocycles. The molecule has 0 atom stereocenters. The first kappa shape index (κ1) is 9.33. The molecule has 4 N–H and O–H groups in total. The molecule has 1 aromatic rings. The normalized spacial score (nSPS) is 14.4. The fourth-order valence-corrected chi connectivity index (χ4v) is 1.89. The predicted octanol–water partition coefficient (Wildman–Crippen LogP) is -0.200. The Labute approximate surface area is 79.4 Å². The largest absolute Gasteiger partial charge is 0.454 e. The van der Waals surface area contributed by atoms with Crippen molar-refractivity contribution in [2.75, 3.05) is 12.5 Å². The van der Waals surface area contributed by atoms with Crippen molar-refractivity contribution in [3.05, 3.63) is 12.1 Å². The second-order valence-corrected chi connectivity index (χ2v) is 4.38. The molecule has 1 heterocycles. The zero-order valence-electron chi connectivity index (χ0n) is 7.01. The molecule has 0 amide bonds. The Kier molecular flexibility index (Phi) is 1.92. The monoisotopic (exact) mass is 217 g/mol. The van der Waals surface area contributed by atoms with Crippen LogP contribution in [0.1, 0.15) is 0 Å². The molecule has 0 fully saturated rings. The second-order valence-electron chi connectivity index (χ2n) is 2.81. The molecular formula is C7H8NO5P. The zero-order valence-corrected chi connectivity index (χ0v) is 7.90. The average molecular weight is 217 g/mol. The topological polar surface area (TPSA) is 102 Å².